The summed E-state index contributed by atoms with van der Waals surface area (Å²) >= 11 is 7.59. The number of nitrogens with one attached hydrogen (secondary N) is 1. The van der Waals surface area contributed by atoms with Crippen LogP contribution in [0.25, 0.3) is 0 Å². The number of nitrogens with zero attached hydrogens (tertiary/aromatic N) is 1. The van der Waals surface area contributed by atoms with Gasteiger partial charge in [0.25, 0.3) is 0 Å². The molecule has 0 bridgehead atoms. The van der Waals surface area contributed by atoms with E-state index in [2.05, 4.69) is 34.5 Å². The fraction of sp³-hybridized carbons (Fsp3) is 0.409. The molecule has 1 saturated heterocycles. The smallest absolute Gasteiger partial charge is 0.230 e. The summed E-state index contributed by atoms with van der Waals surface area (Å²) in [6.45, 7) is 4.00. The second-order valence-electron chi connectivity index (χ2n) is 7.06. The Morgan fingerprint density at radius 3 is 2.56 bits per heavy atom. The highest BCUT2D eigenvalue weighted by molar-refractivity contribution is 7.99. The Kier molecular flexibility index (Phi) is 8.06. The van der Waals surface area contributed by atoms with Gasteiger partial charge < -0.3 is 5.32 Å². The Morgan fingerprint density at radius 1 is 1.00 bits per heavy atom. The molecule has 0 saturated carbocycles. The molecule has 0 aliphatic carbocycles. The quantitative estimate of drug-likeness (QED) is 0.683. The monoisotopic (exact) mass is 402 g/mol. The van der Waals surface area contributed by atoms with Crippen molar-refractivity contribution in [3.8, 4) is 0 Å². The highest BCUT2D eigenvalue weighted by Crippen LogP contribution is 2.17. The maximum absolute atomic E-state index is 12.1. The lowest BCUT2D eigenvalue weighted by Crippen LogP contribution is -2.29. The molecule has 1 fully saturated rings. The molecule has 2 aromatic rings. The second kappa shape index (κ2) is 10.7. The summed E-state index contributed by atoms with van der Waals surface area (Å²) in [6, 6.07) is 16.4. The third-order valence-electron chi connectivity index (χ3n) is 4.73. The number of carbonyl (C=O) groups is 1. The molecule has 0 unspecified atom stereocenters. The van der Waals surface area contributed by atoms with Crippen molar-refractivity contribution in [2.24, 2.45) is 0 Å². The van der Waals surface area contributed by atoms with Crippen LogP contribution >= 0.6 is 23.4 Å². The zero-order valence-corrected chi connectivity index (χ0v) is 17.2. The SMILES string of the molecule is O=C(CSCc1cccc(Cl)c1)NCc1cccc(CN2CCCCC2)c1. The lowest BCUT2D eigenvalue weighted by Gasteiger charge is -2.26. The van der Waals surface area contributed by atoms with Crippen LogP contribution in [0.3, 0.4) is 0 Å². The number of halogens is 1. The van der Waals surface area contributed by atoms with Gasteiger partial charge >= 0.3 is 0 Å². The van der Waals surface area contributed by atoms with Gasteiger partial charge in [-0.05, 0) is 54.8 Å². The van der Waals surface area contributed by atoms with Crippen LogP contribution in [0.2, 0.25) is 5.02 Å². The van der Waals surface area contributed by atoms with Gasteiger partial charge in [-0.2, -0.15) is 0 Å². The molecule has 3 rings (SSSR count). The van der Waals surface area contributed by atoms with Crippen LogP contribution in [0, 0.1) is 0 Å². The number of amides is 1. The van der Waals surface area contributed by atoms with Crippen molar-refractivity contribution in [2.75, 3.05) is 18.8 Å². The molecule has 1 heterocycles. The van der Waals surface area contributed by atoms with Crippen molar-refractivity contribution in [1.82, 2.24) is 10.2 Å². The molecule has 0 aromatic heterocycles. The molecule has 0 spiro atoms. The predicted molar refractivity (Wildman–Crippen MR) is 115 cm³/mol. The molecule has 0 radical (unpaired) electrons. The van der Waals surface area contributed by atoms with Gasteiger partial charge in [0.2, 0.25) is 5.91 Å². The van der Waals surface area contributed by atoms with Crippen molar-refractivity contribution in [3.05, 3.63) is 70.2 Å². The molecule has 2 aromatic carbocycles. The first-order chi connectivity index (χ1) is 13.2. The first-order valence-electron chi connectivity index (χ1n) is 9.58. The Hall–Kier alpha value is -1.49. The van der Waals surface area contributed by atoms with Crippen molar-refractivity contribution < 1.29 is 4.79 Å². The molecule has 27 heavy (non-hydrogen) atoms. The predicted octanol–water partition coefficient (Wildman–Crippen LogP) is 4.88. The van der Waals surface area contributed by atoms with E-state index in [1.54, 1.807) is 11.8 Å². The van der Waals surface area contributed by atoms with E-state index in [1.807, 2.05) is 24.3 Å². The minimum Gasteiger partial charge on any atom is -0.351 e. The summed E-state index contributed by atoms with van der Waals surface area (Å²) in [5.41, 5.74) is 3.64. The molecule has 5 heteroatoms. The van der Waals surface area contributed by atoms with Crippen LogP contribution in [0.5, 0.6) is 0 Å². The van der Waals surface area contributed by atoms with Crippen molar-refractivity contribution >= 4 is 29.3 Å². The molecular formula is C22H27ClN2OS. The maximum atomic E-state index is 12.1. The fourth-order valence-electron chi connectivity index (χ4n) is 3.35. The van der Waals surface area contributed by atoms with Crippen LogP contribution < -0.4 is 5.32 Å². The van der Waals surface area contributed by atoms with Crippen LogP contribution in [-0.4, -0.2) is 29.6 Å². The molecule has 1 aliphatic rings. The fourth-order valence-corrected chi connectivity index (χ4v) is 4.37. The van der Waals surface area contributed by atoms with E-state index in [0.717, 1.165) is 28.4 Å². The van der Waals surface area contributed by atoms with Gasteiger partial charge in [-0.3, -0.25) is 9.69 Å². The average Bonchev–Trinajstić information content (AvgIpc) is 2.68. The molecular weight excluding hydrogens is 376 g/mol. The van der Waals surface area contributed by atoms with E-state index in [1.165, 1.54) is 37.9 Å². The lowest BCUT2D eigenvalue weighted by molar-refractivity contribution is -0.118. The number of thioether (sulfide) groups is 1. The van der Waals surface area contributed by atoms with Gasteiger partial charge in [-0.15, -0.1) is 11.8 Å². The summed E-state index contributed by atoms with van der Waals surface area (Å²) in [4.78, 5) is 14.6. The van der Waals surface area contributed by atoms with Crippen molar-refractivity contribution in [3.63, 3.8) is 0 Å². The first-order valence-corrected chi connectivity index (χ1v) is 11.1. The van der Waals surface area contributed by atoms with Crippen molar-refractivity contribution in [2.45, 2.75) is 38.1 Å². The van der Waals surface area contributed by atoms with Crippen LogP contribution in [0.1, 0.15) is 36.0 Å². The summed E-state index contributed by atoms with van der Waals surface area (Å²) < 4.78 is 0. The topological polar surface area (TPSA) is 32.3 Å². The lowest BCUT2D eigenvalue weighted by atomic mass is 10.1. The van der Waals surface area contributed by atoms with E-state index in [4.69, 9.17) is 11.6 Å². The van der Waals surface area contributed by atoms with Crippen molar-refractivity contribution in [1.29, 1.82) is 0 Å². The van der Waals surface area contributed by atoms with Crippen LogP contribution in [0.4, 0.5) is 0 Å². The number of hydrogen-bond donors (Lipinski definition) is 1. The largest absolute Gasteiger partial charge is 0.351 e. The normalized spacial score (nSPS) is 14.9. The van der Waals surface area contributed by atoms with Gasteiger partial charge in [0.15, 0.2) is 0 Å². The van der Waals surface area contributed by atoms with E-state index >= 15 is 0 Å². The first kappa shape index (κ1) is 20.2. The Labute approximate surface area is 171 Å². The standard InChI is InChI=1S/C22H27ClN2OS/c23-21-9-5-8-20(13-21)16-27-17-22(26)24-14-18-6-4-7-19(12-18)15-25-10-2-1-3-11-25/h4-9,12-13H,1-3,10-11,14-17H2,(H,24,26). The summed E-state index contributed by atoms with van der Waals surface area (Å²) in [5.74, 6) is 1.32. The molecule has 3 nitrogen and oxygen atoms in total. The third-order valence-corrected chi connectivity index (χ3v) is 5.97. The van der Waals surface area contributed by atoms with Crippen LogP contribution in [-0.2, 0) is 23.6 Å². The van der Waals surface area contributed by atoms with Gasteiger partial charge in [-0.25, -0.2) is 0 Å². The Bertz CT molecular complexity index is 747. The summed E-state index contributed by atoms with van der Waals surface area (Å²) in [6.07, 6.45) is 3.98. The highest BCUT2D eigenvalue weighted by Gasteiger charge is 2.10. The van der Waals surface area contributed by atoms with Crippen LogP contribution in [0.15, 0.2) is 48.5 Å². The number of benzene rings is 2. The van der Waals surface area contributed by atoms with E-state index in [-0.39, 0.29) is 5.91 Å². The molecule has 144 valence electrons. The highest BCUT2D eigenvalue weighted by atomic mass is 35.5. The maximum Gasteiger partial charge on any atom is 0.230 e. The van der Waals surface area contributed by atoms with Gasteiger partial charge in [0.05, 0.1) is 5.75 Å². The zero-order chi connectivity index (χ0) is 18.9. The summed E-state index contributed by atoms with van der Waals surface area (Å²) in [5, 5.41) is 3.77. The van der Waals surface area contributed by atoms with E-state index in [0.29, 0.717) is 12.3 Å². The molecule has 1 aliphatic heterocycles. The van der Waals surface area contributed by atoms with E-state index < -0.39 is 0 Å². The minimum atomic E-state index is 0.0726. The molecule has 0 atom stereocenters. The van der Waals surface area contributed by atoms with E-state index in [9.17, 15) is 4.79 Å². The minimum absolute atomic E-state index is 0.0726. The van der Waals surface area contributed by atoms with Gasteiger partial charge in [-0.1, -0.05) is 54.4 Å². The van der Waals surface area contributed by atoms with Gasteiger partial charge in [0.1, 0.15) is 0 Å². The number of hydrogen-bond acceptors (Lipinski definition) is 3. The zero-order valence-electron chi connectivity index (χ0n) is 15.6. The molecule has 1 amide bonds. The Balaban J connectivity index is 1.39. The molecule has 1 N–H and O–H groups in total. The number of likely N-dealkylation sites (tertiary alicyclic amines) is 1. The second-order valence-corrected chi connectivity index (χ2v) is 8.48. The Morgan fingerprint density at radius 2 is 1.74 bits per heavy atom. The number of rotatable bonds is 8. The average molecular weight is 403 g/mol. The number of piperidine rings is 1. The summed E-state index contributed by atoms with van der Waals surface area (Å²) in [7, 11) is 0. The third kappa shape index (κ3) is 7.21. The number of carbonyl (C=O) groups excluding carboxylic acids is 1. The van der Waals surface area contributed by atoms with Gasteiger partial charge in [0, 0.05) is 23.9 Å².